The summed E-state index contributed by atoms with van der Waals surface area (Å²) in [6, 6.07) is 15.8. The van der Waals surface area contributed by atoms with Crippen LogP contribution < -0.4 is 10.8 Å². The molecule has 8 nitrogen and oxygen atoms in total. The van der Waals surface area contributed by atoms with Crippen LogP contribution in [0.3, 0.4) is 0 Å². The van der Waals surface area contributed by atoms with Crippen LogP contribution in [0.1, 0.15) is 22.3 Å². The van der Waals surface area contributed by atoms with Crippen molar-refractivity contribution in [1.29, 1.82) is 0 Å². The molecule has 0 spiro atoms. The van der Waals surface area contributed by atoms with Crippen LogP contribution in [0.25, 0.3) is 0 Å². The van der Waals surface area contributed by atoms with Gasteiger partial charge in [-0.25, -0.2) is 5.48 Å². The summed E-state index contributed by atoms with van der Waals surface area (Å²) in [7, 11) is 1.63. The average Bonchev–Trinajstić information content (AvgIpc) is 2.76. The predicted octanol–water partition coefficient (Wildman–Crippen LogP) is 2.01. The smallest absolute Gasteiger partial charge is 0.272 e. The number of hydrogen-bond donors (Lipinski definition) is 3. The zero-order valence-corrected chi connectivity index (χ0v) is 17.3. The second kappa shape index (κ2) is 11.9. The van der Waals surface area contributed by atoms with E-state index in [0.29, 0.717) is 17.1 Å². The molecule has 2 aromatic carbocycles. The van der Waals surface area contributed by atoms with Gasteiger partial charge in [0.15, 0.2) is 0 Å². The Morgan fingerprint density at radius 1 is 1.10 bits per heavy atom. The molecule has 0 radical (unpaired) electrons. The predicted molar refractivity (Wildman–Crippen MR) is 111 cm³/mol. The maximum Gasteiger partial charge on any atom is 0.272 e. The van der Waals surface area contributed by atoms with E-state index < -0.39 is 12.0 Å². The molecule has 30 heavy (non-hydrogen) atoms. The van der Waals surface area contributed by atoms with E-state index in [4.69, 9.17) is 21.5 Å². The van der Waals surface area contributed by atoms with E-state index in [-0.39, 0.29) is 31.4 Å². The van der Waals surface area contributed by atoms with E-state index in [1.54, 1.807) is 31.3 Å². The molecule has 1 unspecified atom stereocenters. The van der Waals surface area contributed by atoms with Crippen LogP contribution >= 0.6 is 11.6 Å². The summed E-state index contributed by atoms with van der Waals surface area (Å²) < 4.78 is 5.39. The van der Waals surface area contributed by atoms with Gasteiger partial charge in [-0.05, 0) is 29.8 Å². The molecule has 0 aromatic heterocycles. The first-order chi connectivity index (χ1) is 14.4. The van der Waals surface area contributed by atoms with Gasteiger partial charge in [0.1, 0.15) is 12.7 Å². The van der Waals surface area contributed by atoms with Crippen molar-refractivity contribution in [3.8, 4) is 0 Å². The van der Waals surface area contributed by atoms with Crippen molar-refractivity contribution in [3.63, 3.8) is 0 Å². The van der Waals surface area contributed by atoms with Crippen molar-refractivity contribution in [3.05, 3.63) is 70.7 Å². The molecule has 0 saturated heterocycles. The fraction of sp³-hybridized carbons (Fsp3) is 0.286. The SMILES string of the molecule is CN(Cc1ccccc1)C(=O)COC(CCNC(=O)c1ccc(Cl)cc1)C(=O)NO. The largest absolute Gasteiger partial charge is 0.358 e. The van der Waals surface area contributed by atoms with E-state index in [0.717, 1.165) is 5.56 Å². The first-order valence-electron chi connectivity index (χ1n) is 9.28. The Bertz CT molecular complexity index is 845. The second-order valence-electron chi connectivity index (χ2n) is 6.56. The summed E-state index contributed by atoms with van der Waals surface area (Å²) in [5.74, 6) is -1.46. The van der Waals surface area contributed by atoms with Gasteiger partial charge in [-0.2, -0.15) is 0 Å². The molecule has 2 aromatic rings. The first-order valence-corrected chi connectivity index (χ1v) is 9.65. The van der Waals surface area contributed by atoms with Crippen LogP contribution in [0.2, 0.25) is 5.02 Å². The van der Waals surface area contributed by atoms with Gasteiger partial charge in [-0.1, -0.05) is 41.9 Å². The summed E-state index contributed by atoms with van der Waals surface area (Å²) in [5.41, 5.74) is 2.90. The molecule has 3 N–H and O–H groups in total. The third kappa shape index (κ3) is 7.47. The Labute approximate surface area is 179 Å². The van der Waals surface area contributed by atoms with Crippen molar-refractivity contribution >= 4 is 29.3 Å². The molecule has 0 aliphatic carbocycles. The van der Waals surface area contributed by atoms with Gasteiger partial charge in [0, 0.05) is 37.1 Å². The molecule has 160 valence electrons. The van der Waals surface area contributed by atoms with Crippen LogP contribution in [-0.2, 0) is 20.9 Å². The van der Waals surface area contributed by atoms with E-state index >= 15 is 0 Å². The Hall–Kier alpha value is -2.94. The van der Waals surface area contributed by atoms with Crippen LogP contribution in [0, 0.1) is 0 Å². The van der Waals surface area contributed by atoms with Crippen molar-refractivity contribution in [2.45, 2.75) is 19.1 Å². The number of hydrogen-bond acceptors (Lipinski definition) is 5. The first kappa shape index (κ1) is 23.3. The van der Waals surface area contributed by atoms with E-state index in [1.807, 2.05) is 30.3 Å². The molecule has 9 heteroatoms. The minimum Gasteiger partial charge on any atom is -0.358 e. The third-order valence-electron chi connectivity index (χ3n) is 4.30. The highest BCUT2D eigenvalue weighted by molar-refractivity contribution is 6.30. The Kier molecular flexibility index (Phi) is 9.27. The zero-order chi connectivity index (χ0) is 21.9. The quantitative estimate of drug-likeness (QED) is 0.392. The highest BCUT2D eigenvalue weighted by atomic mass is 35.5. The van der Waals surface area contributed by atoms with Crippen LogP contribution in [0.15, 0.2) is 54.6 Å². The number of carbonyl (C=O) groups is 3. The molecular weight excluding hydrogens is 410 g/mol. The van der Waals surface area contributed by atoms with Crippen LogP contribution in [0.5, 0.6) is 0 Å². The molecule has 0 heterocycles. The van der Waals surface area contributed by atoms with Gasteiger partial charge in [0.2, 0.25) is 5.91 Å². The van der Waals surface area contributed by atoms with E-state index in [2.05, 4.69) is 5.32 Å². The number of halogens is 1. The van der Waals surface area contributed by atoms with Crippen molar-refractivity contribution < 1.29 is 24.3 Å². The normalized spacial score (nSPS) is 11.4. The number of amides is 3. The highest BCUT2D eigenvalue weighted by Crippen LogP contribution is 2.09. The van der Waals surface area contributed by atoms with Gasteiger partial charge < -0.3 is 15.0 Å². The maximum absolute atomic E-state index is 12.3. The summed E-state index contributed by atoms with van der Waals surface area (Å²) in [6.07, 6.45) is -1.03. The number of hydroxylamine groups is 1. The molecule has 0 saturated carbocycles. The van der Waals surface area contributed by atoms with Crippen molar-refractivity contribution in [1.82, 2.24) is 15.7 Å². The van der Waals surface area contributed by atoms with Gasteiger partial charge >= 0.3 is 0 Å². The highest BCUT2D eigenvalue weighted by Gasteiger charge is 2.21. The standard InChI is InChI=1S/C21H24ClN3O5/c1-25(13-15-5-3-2-4-6-15)19(26)14-30-18(21(28)24-29)11-12-23-20(27)16-7-9-17(22)10-8-16/h2-10,18,29H,11-14H2,1H3,(H,23,27)(H,24,28). The summed E-state index contributed by atoms with van der Waals surface area (Å²) in [5, 5.41) is 12.1. The third-order valence-corrected chi connectivity index (χ3v) is 4.55. The van der Waals surface area contributed by atoms with Gasteiger partial charge in [-0.15, -0.1) is 0 Å². The minimum atomic E-state index is -1.10. The molecule has 1 atom stereocenters. The summed E-state index contributed by atoms with van der Waals surface area (Å²) in [6.45, 7) is 0.164. The lowest BCUT2D eigenvalue weighted by Gasteiger charge is -2.20. The van der Waals surface area contributed by atoms with Gasteiger partial charge in [0.05, 0.1) is 0 Å². The second-order valence-corrected chi connectivity index (χ2v) is 7.00. The van der Waals surface area contributed by atoms with Crippen LogP contribution in [-0.4, -0.2) is 54.1 Å². The lowest BCUT2D eigenvalue weighted by Crippen LogP contribution is -2.40. The topological polar surface area (TPSA) is 108 Å². The monoisotopic (exact) mass is 433 g/mol. The lowest BCUT2D eigenvalue weighted by atomic mass is 10.2. The molecule has 0 aliphatic rings. The zero-order valence-electron chi connectivity index (χ0n) is 16.5. The fourth-order valence-electron chi connectivity index (χ4n) is 2.61. The number of carbonyl (C=O) groups excluding carboxylic acids is 3. The number of benzene rings is 2. The summed E-state index contributed by atoms with van der Waals surface area (Å²) >= 11 is 5.79. The average molecular weight is 434 g/mol. The van der Waals surface area contributed by atoms with Crippen molar-refractivity contribution in [2.24, 2.45) is 0 Å². The van der Waals surface area contributed by atoms with Crippen LogP contribution in [0.4, 0.5) is 0 Å². The Morgan fingerprint density at radius 3 is 2.40 bits per heavy atom. The molecular formula is C21H24ClN3O5. The van der Waals surface area contributed by atoms with Gasteiger partial charge in [0.25, 0.3) is 11.8 Å². The number of likely N-dealkylation sites (N-methyl/N-ethyl adjacent to an activating group) is 1. The number of nitrogens with zero attached hydrogens (tertiary/aromatic N) is 1. The van der Waals surface area contributed by atoms with Gasteiger partial charge in [-0.3, -0.25) is 19.6 Å². The molecule has 3 amide bonds. The molecule has 0 fully saturated rings. The minimum absolute atomic E-state index is 0.0708. The number of rotatable bonds is 10. The Balaban J connectivity index is 1.81. The summed E-state index contributed by atoms with van der Waals surface area (Å²) in [4.78, 5) is 37.7. The fourth-order valence-corrected chi connectivity index (χ4v) is 2.74. The Morgan fingerprint density at radius 2 is 1.77 bits per heavy atom. The van der Waals surface area contributed by atoms with Crippen molar-refractivity contribution in [2.75, 3.05) is 20.2 Å². The maximum atomic E-state index is 12.3. The molecule has 2 rings (SSSR count). The lowest BCUT2D eigenvalue weighted by molar-refractivity contribution is -0.147. The van der Waals surface area contributed by atoms with E-state index in [1.165, 1.54) is 10.4 Å². The number of ether oxygens (including phenoxy) is 1. The number of nitrogens with one attached hydrogen (secondary N) is 2. The molecule has 0 aliphatic heterocycles. The van der Waals surface area contributed by atoms with E-state index in [9.17, 15) is 14.4 Å². The molecule has 0 bridgehead atoms.